The van der Waals surface area contributed by atoms with Crippen LogP contribution >= 0.6 is 11.3 Å². The molecule has 2 aromatic rings. The maximum atomic E-state index is 11.8. The molecule has 0 atom stereocenters. The van der Waals surface area contributed by atoms with Gasteiger partial charge in [0.2, 0.25) is 9.47 Å². The number of rotatable bonds is 3. The Bertz CT molecular complexity index is 724. The van der Waals surface area contributed by atoms with Gasteiger partial charge in [0.1, 0.15) is 0 Å². The summed E-state index contributed by atoms with van der Waals surface area (Å²) >= 11 is 0.845. The van der Waals surface area contributed by atoms with Crippen LogP contribution in [0.3, 0.4) is 0 Å². The number of aromatic nitrogens is 4. The number of sulfonamides is 1. The number of aryl methyl sites for hydroxylation is 1. The van der Waals surface area contributed by atoms with Crippen LogP contribution in [0.25, 0.3) is 5.13 Å². The molecule has 0 aliphatic heterocycles. The molecule has 0 saturated carbocycles. The van der Waals surface area contributed by atoms with E-state index >= 15 is 0 Å². The normalized spacial score (nSPS) is 12.2. The van der Waals surface area contributed by atoms with Crippen LogP contribution in [0.2, 0.25) is 0 Å². The van der Waals surface area contributed by atoms with Crippen molar-refractivity contribution >= 4 is 21.4 Å². The quantitative estimate of drug-likeness (QED) is 0.826. The van der Waals surface area contributed by atoms with Crippen molar-refractivity contribution in [2.24, 2.45) is 0 Å². The van der Waals surface area contributed by atoms with Gasteiger partial charge in [0.15, 0.2) is 0 Å². The predicted octanol–water partition coefficient (Wildman–Crippen LogP) is -0.424. The number of hydrogen-bond acceptors (Lipinski definition) is 6. The molecule has 0 bridgehead atoms. The second kappa shape index (κ2) is 4.30. The minimum atomic E-state index is -3.62. The SMILES string of the molecule is Cc1c[nH]c(=O)n1-c1nnc(S(=O)(=O)N(C)C)s1. The molecule has 0 saturated heterocycles. The van der Waals surface area contributed by atoms with Gasteiger partial charge in [0, 0.05) is 26.0 Å². The number of nitrogens with zero attached hydrogens (tertiary/aromatic N) is 4. The monoisotopic (exact) mass is 289 g/mol. The third-order valence-corrected chi connectivity index (χ3v) is 5.32. The predicted molar refractivity (Wildman–Crippen MR) is 65.5 cm³/mol. The summed E-state index contributed by atoms with van der Waals surface area (Å²) in [5.74, 6) is 0. The van der Waals surface area contributed by atoms with E-state index in [9.17, 15) is 13.2 Å². The molecule has 98 valence electrons. The third-order valence-electron chi connectivity index (χ3n) is 2.25. The van der Waals surface area contributed by atoms with E-state index in [0.717, 1.165) is 15.6 Å². The number of aromatic amines is 1. The van der Waals surface area contributed by atoms with Crippen molar-refractivity contribution in [2.45, 2.75) is 11.3 Å². The number of hydrogen-bond donors (Lipinski definition) is 1. The summed E-state index contributed by atoms with van der Waals surface area (Å²) < 4.78 is 25.8. The summed E-state index contributed by atoms with van der Waals surface area (Å²) in [5, 5.41) is 7.57. The molecule has 0 aromatic carbocycles. The van der Waals surface area contributed by atoms with Gasteiger partial charge in [0.05, 0.1) is 0 Å². The van der Waals surface area contributed by atoms with Crippen LogP contribution in [0.1, 0.15) is 5.69 Å². The highest BCUT2D eigenvalue weighted by Gasteiger charge is 2.24. The Morgan fingerprint density at radius 3 is 2.56 bits per heavy atom. The summed E-state index contributed by atoms with van der Waals surface area (Å²) in [4.78, 5) is 14.0. The van der Waals surface area contributed by atoms with Crippen LogP contribution in [0, 0.1) is 6.92 Å². The first-order valence-electron chi connectivity index (χ1n) is 4.87. The van der Waals surface area contributed by atoms with Crippen LogP contribution in [0.4, 0.5) is 0 Å². The molecular formula is C8H11N5O3S2. The summed E-state index contributed by atoms with van der Waals surface area (Å²) in [6.07, 6.45) is 1.52. The van der Waals surface area contributed by atoms with Crippen molar-refractivity contribution in [2.75, 3.05) is 14.1 Å². The Labute approximate surface area is 107 Å². The molecule has 0 radical (unpaired) electrons. The molecule has 10 heteroatoms. The van der Waals surface area contributed by atoms with Gasteiger partial charge in [-0.3, -0.25) is 0 Å². The molecule has 0 fully saturated rings. The molecule has 0 amide bonds. The zero-order valence-corrected chi connectivity index (χ0v) is 11.5. The lowest BCUT2D eigenvalue weighted by molar-refractivity contribution is 0.519. The van der Waals surface area contributed by atoms with Gasteiger partial charge in [-0.2, -0.15) is 0 Å². The maximum absolute atomic E-state index is 11.8. The molecule has 2 aromatic heterocycles. The van der Waals surface area contributed by atoms with Crippen LogP contribution in [0.5, 0.6) is 0 Å². The summed E-state index contributed by atoms with van der Waals surface area (Å²) in [5.41, 5.74) is 0.252. The van der Waals surface area contributed by atoms with Crippen molar-refractivity contribution in [3.05, 3.63) is 22.4 Å². The lowest BCUT2D eigenvalue weighted by Crippen LogP contribution is -2.22. The highest BCUT2D eigenvalue weighted by atomic mass is 32.2. The minimum absolute atomic E-state index is 0.144. The zero-order chi connectivity index (χ0) is 13.5. The van der Waals surface area contributed by atoms with Gasteiger partial charge >= 0.3 is 5.69 Å². The second-order valence-corrected chi connectivity index (χ2v) is 6.99. The summed E-state index contributed by atoms with van der Waals surface area (Å²) in [7, 11) is -0.806. The van der Waals surface area contributed by atoms with E-state index in [0.29, 0.717) is 5.69 Å². The zero-order valence-electron chi connectivity index (χ0n) is 9.91. The van der Waals surface area contributed by atoms with Crippen LogP contribution in [-0.4, -0.2) is 46.6 Å². The Morgan fingerprint density at radius 1 is 1.39 bits per heavy atom. The van der Waals surface area contributed by atoms with Crippen LogP contribution < -0.4 is 5.69 Å². The number of nitrogens with one attached hydrogen (secondary N) is 1. The fraction of sp³-hybridized carbons (Fsp3) is 0.375. The largest absolute Gasteiger partial charge is 0.332 e. The topological polar surface area (TPSA) is 101 Å². The first kappa shape index (κ1) is 12.9. The summed E-state index contributed by atoms with van der Waals surface area (Å²) in [6, 6.07) is 0. The lowest BCUT2D eigenvalue weighted by atomic mass is 10.5. The van der Waals surface area contributed by atoms with Crippen molar-refractivity contribution in [3.8, 4) is 5.13 Å². The van der Waals surface area contributed by atoms with Crippen molar-refractivity contribution in [1.29, 1.82) is 0 Å². The van der Waals surface area contributed by atoms with E-state index in [-0.39, 0.29) is 15.2 Å². The van der Waals surface area contributed by atoms with Crippen molar-refractivity contribution in [3.63, 3.8) is 0 Å². The molecule has 2 rings (SSSR count). The summed E-state index contributed by atoms with van der Waals surface area (Å²) in [6.45, 7) is 1.71. The van der Waals surface area contributed by atoms with E-state index in [1.54, 1.807) is 6.92 Å². The lowest BCUT2D eigenvalue weighted by Gasteiger charge is -2.06. The van der Waals surface area contributed by atoms with Gasteiger partial charge in [-0.05, 0) is 6.92 Å². The first-order valence-corrected chi connectivity index (χ1v) is 7.13. The fourth-order valence-electron chi connectivity index (χ4n) is 1.25. The molecule has 8 nitrogen and oxygen atoms in total. The van der Waals surface area contributed by atoms with E-state index < -0.39 is 10.0 Å². The van der Waals surface area contributed by atoms with Gasteiger partial charge in [-0.15, -0.1) is 10.2 Å². The van der Waals surface area contributed by atoms with Crippen LogP contribution in [0.15, 0.2) is 15.3 Å². The number of H-pyrrole nitrogens is 1. The molecule has 0 aliphatic carbocycles. The van der Waals surface area contributed by atoms with Crippen LogP contribution in [-0.2, 0) is 10.0 Å². The molecule has 18 heavy (non-hydrogen) atoms. The van der Waals surface area contributed by atoms with Gasteiger partial charge < -0.3 is 4.98 Å². The minimum Gasteiger partial charge on any atom is -0.312 e. The molecule has 0 aliphatic rings. The number of imidazole rings is 1. The maximum Gasteiger partial charge on any atom is 0.332 e. The van der Waals surface area contributed by atoms with Gasteiger partial charge in [-0.25, -0.2) is 22.1 Å². The second-order valence-electron chi connectivity index (χ2n) is 3.71. The fourth-order valence-corrected chi connectivity index (χ4v) is 3.43. The van der Waals surface area contributed by atoms with E-state index in [2.05, 4.69) is 15.2 Å². The van der Waals surface area contributed by atoms with Gasteiger partial charge in [0.25, 0.3) is 10.0 Å². The van der Waals surface area contributed by atoms with E-state index in [1.807, 2.05) is 0 Å². The average Bonchev–Trinajstić information content (AvgIpc) is 2.86. The standard InChI is InChI=1S/C8H11N5O3S2/c1-5-4-9-6(14)13(5)7-10-11-8(17-7)18(15,16)12(2)3/h4H,1-3H3,(H,9,14). The Morgan fingerprint density at radius 2 is 2.06 bits per heavy atom. The highest BCUT2D eigenvalue weighted by Crippen LogP contribution is 2.20. The molecule has 2 heterocycles. The van der Waals surface area contributed by atoms with E-state index in [4.69, 9.17) is 0 Å². The molecular weight excluding hydrogens is 278 g/mol. The van der Waals surface area contributed by atoms with E-state index in [1.165, 1.54) is 24.9 Å². The molecule has 0 unspecified atom stereocenters. The van der Waals surface area contributed by atoms with Crippen molar-refractivity contribution < 1.29 is 8.42 Å². The molecule has 1 N–H and O–H groups in total. The average molecular weight is 289 g/mol. The Balaban J connectivity index is 2.54. The highest BCUT2D eigenvalue weighted by molar-refractivity contribution is 7.91. The van der Waals surface area contributed by atoms with Crippen molar-refractivity contribution in [1.82, 2.24) is 24.1 Å². The van der Waals surface area contributed by atoms with Gasteiger partial charge in [-0.1, -0.05) is 11.3 Å². The molecule has 0 spiro atoms. The first-order chi connectivity index (χ1) is 8.34. The Hall–Kier alpha value is -1.52. The Kier molecular flexibility index (Phi) is 3.09. The smallest absolute Gasteiger partial charge is 0.312 e. The third kappa shape index (κ3) is 1.98.